The van der Waals surface area contributed by atoms with Crippen LogP contribution in [-0.2, 0) is 0 Å². The van der Waals surface area contributed by atoms with Gasteiger partial charge < -0.3 is 24.8 Å². The number of aromatic hydroxyl groups is 1. The molecule has 4 aromatic rings. The second kappa shape index (κ2) is 10.2. The number of ether oxygens (including phenoxy) is 2. The molecule has 5 atom stereocenters. The minimum absolute atomic E-state index is 0.0753. The van der Waals surface area contributed by atoms with E-state index in [-0.39, 0.29) is 86.7 Å². The molecule has 0 unspecified atom stereocenters. The minimum Gasteiger partial charge on any atom is -0.508 e. The van der Waals surface area contributed by atoms with Crippen molar-refractivity contribution < 1.29 is 32.1 Å². The number of phenols is 1. The Balaban J connectivity index is 1.26. The lowest BCUT2D eigenvalue weighted by Gasteiger charge is -2.40. The Hall–Kier alpha value is -3.61. The molecule has 0 saturated carbocycles. The third-order valence-electron chi connectivity index (χ3n) is 10.7. The van der Waals surface area contributed by atoms with Gasteiger partial charge in [0.05, 0.1) is 22.0 Å². The Morgan fingerprint density at radius 1 is 1.11 bits per heavy atom. The molecule has 4 saturated heterocycles. The van der Waals surface area contributed by atoms with Crippen molar-refractivity contribution >= 4 is 39.1 Å². The average Bonchev–Trinajstić information content (AvgIpc) is 3.66. The summed E-state index contributed by atoms with van der Waals surface area (Å²) in [4.78, 5) is 13.6. The zero-order valence-electron chi connectivity index (χ0n) is 24.6. The molecule has 6 heterocycles. The first-order valence-corrected chi connectivity index (χ1v) is 16.1. The van der Waals surface area contributed by atoms with Crippen molar-refractivity contribution in [1.29, 1.82) is 0 Å². The van der Waals surface area contributed by atoms with Gasteiger partial charge >= 0.3 is 6.01 Å². The number of alkyl halides is 1. The fourth-order valence-corrected chi connectivity index (χ4v) is 8.94. The highest BCUT2D eigenvalue weighted by atomic mass is 35.5. The van der Waals surface area contributed by atoms with Crippen molar-refractivity contribution in [3.05, 3.63) is 46.7 Å². The number of hydrogen-bond acceptors (Lipinski definition) is 8. The van der Waals surface area contributed by atoms with Gasteiger partial charge in [-0.15, -0.1) is 0 Å². The number of fused-ring (bicyclic) bond motifs is 7. The van der Waals surface area contributed by atoms with Crippen molar-refractivity contribution in [2.75, 3.05) is 37.7 Å². The molecule has 0 aliphatic carbocycles. The molecule has 8 nitrogen and oxygen atoms in total. The number of hydrogen-bond donors (Lipinski definition) is 2. The highest BCUT2D eigenvalue weighted by molar-refractivity contribution is 6.37. The molecule has 4 fully saturated rings. The van der Waals surface area contributed by atoms with E-state index in [1.165, 1.54) is 12.1 Å². The molecule has 5 aliphatic heterocycles. The predicted molar refractivity (Wildman–Crippen MR) is 164 cm³/mol. The molecule has 1 aromatic heterocycles. The molecule has 240 valence electrons. The molecule has 3 aromatic carbocycles. The van der Waals surface area contributed by atoms with Crippen LogP contribution >= 0.6 is 11.6 Å². The van der Waals surface area contributed by atoms with Gasteiger partial charge in [-0.2, -0.15) is 9.97 Å². The van der Waals surface area contributed by atoms with Crippen LogP contribution in [0.4, 0.5) is 23.4 Å². The number of halogens is 5. The number of piperazine rings is 1. The van der Waals surface area contributed by atoms with Crippen molar-refractivity contribution in [2.45, 2.75) is 61.9 Å². The van der Waals surface area contributed by atoms with Crippen molar-refractivity contribution in [3.63, 3.8) is 0 Å². The molecule has 46 heavy (non-hydrogen) atoms. The van der Waals surface area contributed by atoms with Gasteiger partial charge in [0.2, 0.25) is 0 Å². The van der Waals surface area contributed by atoms with E-state index in [4.69, 9.17) is 26.1 Å². The van der Waals surface area contributed by atoms with E-state index in [1.807, 2.05) is 0 Å². The lowest BCUT2D eigenvalue weighted by molar-refractivity contribution is 0.107. The van der Waals surface area contributed by atoms with E-state index in [1.54, 1.807) is 0 Å². The normalized spacial score (nSPS) is 28.4. The molecule has 2 N–H and O–H groups in total. The van der Waals surface area contributed by atoms with Crippen LogP contribution in [-0.4, -0.2) is 82.7 Å². The summed E-state index contributed by atoms with van der Waals surface area (Å²) in [6.45, 7) is 2.08. The molecule has 5 aliphatic rings. The monoisotopic (exact) mass is 655 g/mol. The SMILES string of the molecule is Oc1cc(-c2c(Cl)c3c4c(nc(OC[C@@]56CCCN5C[C@H](F)C6)nc4c2F)N2C[C@H]4CC[C@H](N4)[C@H]2CO3)c2c(F)c(F)ccc2c1. The van der Waals surface area contributed by atoms with Gasteiger partial charge in [0.25, 0.3) is 0 Å². The van der Waals surface area contributed by atoms with Crippen LogP contribution in [0.3, 0.4) is 0 Å². The van der Waals surface area contributed by atoms with Crippen LogP contribution in [0.15, 0.2) is 24.3 Å². The maximum Gasteiger partial charge on any atom is 0.319 e. The van der Waals surface area contributed by atoms with Crippen LogP contribution in [0.2, 0.25) is 5.02 Å². The summed E-state index contributed by atoms with van der Waals surface area (Å²) < 4.78 is 74.1. The van der Waals surface area contributed by atoms with Crippen molar-refractivity contribution in [1.82, 2.24) is 20.2 Å². The largest absolute Gasteiger partial charge is 0.508 e. The van der Waals surface area contributed by atoms with E-state index in [0.29, 0.717) is 25.3 Å². The van der Waals surface area contributed by atoms with Crippen LogP contribution in [0, 0.1) is 17.5 Å². The molecule has 9 rings (SSSR count). The third kappa shape index (κ3) is 4.12. The van der Waals surface area contributed by atoms with Crippen molar-refractivity contribution in [2.24, 2.45) is 0 Å². The first kappa shape index (κ1) is 28.6. The first-order valence-electron chi connectivity index (χ1n) is 15.7. The second-order valence-electron chi connectivity index (χ2n) is 13.3. The summed E-state index contributed by atoms with van der Waals surface area (Å²) in [5.41, 5.74) is -1.09. The van der Waals surface area contributed by atoms with Gasteiger partial charge in [-0.05, 0) is 55.8 Å². The second-order valence-corrected chi connectivity index (χ2v) is 13.7. The topological polar surface area (TPSA) is 83.0 Å². The molecule has 0 spiro atoms. The van der Waals surface area contributed by atoms with Crippen LogP contribution in [0.5, 0.6) is 17.5 Å². The lowest BCUT2D eigenvalue weighted by Crippen LogP contribution is -2.60. The summed E-state index contributed by atoms with van der Waals surface area (Å²) >= 11 is 6.96. The zero-order valence-corrected chi connectivity index (χ0v) is 25.4. The molecular formula is C33H30ClF4N5O3. The Morgan fingerprint density at radius 2 is 1.98 bits per heavy atom. The van der Waals surface area contributed by atoms with E-state index >= 15 is 8.78 Å². The summed E-state index contributed by atoms with van der Waals surface area (Å²) in [6, 6.07) is 4.74. The number of rotatable bonds is 4. The Labute approximate surface area is 266 Å². The highest BCUT2D eigenvalue weighted by Crippen LogP contribution is 2.51. The third-order valence-corrected chi connectivity index (χ3v) is 11.0. The number of nitrogens with zero attached hydrogens (tertiary/aromatic N) is 4. The van der Waals surface area contributed by atoms with Gasteiger partial charge in [0, 0.05) is 48.1 Å². The van der Waals surface area contributed by atoms with E-state index in [0.717, 1.165) is 44.4 Å². The number of nitrogens with one attached hydrogen (secondary N) is 1. The smallest absolute Gasteiger partial charge is 0.319 e. The number of anilines is 1. The molecule has 0 amide bonds. The first-order chi connectivity index (χ1) is 22.2. The summed E-state index contributed by atoms with van der Waals surface area (Å²) in [5, 5.41) is 14.2. The van der Waals surface area contributed by atoms with Gasteiger partial charge in [-0.25, -0.2) is 17.6 Å². The summed E-state index contributed by atoms with van der Waals surface area (Å²) in [6.07, 6.45) is 3.00. The minimum atomic E-state index is -1.20. The summed E-state index contributed by atoms with van der Waals surface area (Å²) in [7, 11) is 0. The van der Waals surface area contributed by atoms with Gasteiger partial charge in [-0.1, -0.05) is 17.7 Å². The molecule has 0 radical (unpaired) electrons. The van der Waals surface area contributed by atoms with Gasteiger partial charge in [0.15, 0.2) is 23.2 Å². The van der Waals surface area contributed by atoms with Crippen LogP contribution in [0.25, 0.3) is 32.8 Å². The van der Waals surface area contributed by atoms with E-state index < -0.39 is 29.2 Å². The number of phenolic OH excluding ortho intramolecular Hbond substituents is 1. The summed E-state index contributed by atoms with van der Waals surface area (Å²) in [5.74, 6) is -3.01. The Bertz CT molecular complexity index is 1950. The zero-order chi connectivity index (χ0) is 31.5. The molecule has 13 heteroatoms. The van der Waals surface area contributed by atoms with Crippen molar-refractivity contribution in [3.8, 4) is 28.6 Å². The highest BCUT2D eigenvalue weighted by Gasteiger charge is 2.50. The lowest BCUT2D eigenvalue weighted by atomic mass is 9.95. The number of benzene rings is 3. The van der Waals surface area contributed by atoms with Gasteiger partial charge in [-0.3, -0.25) is 4.90 Å². The molecule has 2 bridgehead atoms. The van der Waals surface area contributed by atoms with Crippen LogP contribution in [0.1, 0.15) is 32.1 Å². The van der Waals surface area contributed by atoms with E-state index in [9.17, 15) is 13.9 Å². The predicted octanol–water partition coefficient (Wildman–Crippen LogP) is 5.88. The maximum absolute atomic E-state index is 17.1. The fraction of sp³-hybridized carbons (Fsp3) is 0.455. The molecular weight excluding hydrogens is 626 g/mol. The van der Waals surface area contributed by atoms with E-state index in [2.05, 4.69) is 20.1 Å². The Kier molecular flexibility index (Phi) is 6.34. The quantitative estimate of drug-likeness (QED) is 0.264. The standard InChI is InChI=1S/C33H30ClF4N5O3/c34-26-24(19-9-18(44)8-15-2-4-20(36)27(37)23(15)19)28(38)29-25-30(26)45-13-22-21-5-3-17(39-21)12-43(22)31(25)41-32(40-29)46-14-33-6-1-7-42(33)11-16(35)10-33/h2,4,8-9,16-17,21-22,39,44H,1,3,5-7,10-14H2/t16-,17-,21+,22-,33+/m1/s1. The fourth-order valence-electron chi connectivity index (χ4n) is 8.61. The Morgan fingerprint density at radius 3 is 2.85 bits per heavy atom. The number of aromatic nitrogens is 2. The average molecular weight is 656 g/mol. The van der Waals surface area contributed by atoms with Crippen LogP contribution < -0.4 is 19.7 Å². The maximum atomic E-state index is 17.1. The van der Waals surface area contributed by atoms with Gasteiger partial charge in [0.1, 0.15) is 36.5 Å².